The van der Waals surface area contributed by atoms with Gasteiger partial charge in [0.2, 0.25) is 0 Å². The Morgan fingerprint density at radius 2 is 2.33 bits per heavy atom. The van der Waals surface area contributed by atoms with Gasteiger partial charge in [-0.15, -0.1) is 0 Å². The summed E-state index contributed by atoms with van der Waals surface area (Å²) in [6, 6.07) is 0. The molecule has 0 aliphatic heterocycles. The molecular formula is C7H7F3N2O3. The summed E-state index contributed by atoms with van der Waals surface area (Å²) in [6.45, 7) is -0.102. The lowest BCUT2D eigenvalue weighted by Crippen LogP contribution is -2.29. The number of alkyl halides is 3. The Bertz CT molecular complexity index is 347. The van der Waals surface area contributed by atoms with Crippen molar-refractivity contribution in [2.24, 2.45) is 0 Å². The molecular weight excluding hydrogens is 217 g/mol. The van der Waals surface area contributed by atoms with Crippen molar-refractivity contribution in [3.05, 3.63) is 17.5 Å². The van der Waals surface area contributed by atoms with Gasteiger partial charge in [0.15, 0.2) is 6.61 Å². The van der Waals surface area contributed by atoms with Crippen molar-refractivity contribution >= 4 is 5.91 Å². The normalized spacial score (nSPS) is 11.5. The number of amides is 1. The molecule has 1 aromatic rings. The molecule has 8 heteroatoms. The zero-order valence-electron chi connectivity index (χ0n) is 7.59. The van der Waals surface area contributed by atoms with Crippen LogP contribution in [0, 0.1) is 6.92 Å². The van der Waals surface area contributed by atoms with Gasteiger partial charge in [0.05, 0.1) is 6.20 Å². The number of halogens is 3. The zero-order chi connectivity index (χ0) is 11.5. The lowest BCUT2D eigenvalue weighted by molar-refractivity contribution is -0.184. The van der Waals surface area contributed by atoms with E-state index in [0.717, 1.165) is 6.20 Å². The number of hydroxylamine groups is 1. The summed E-state index contributed by atoms with van der Waals surface area (Å²) in [7, 11) is 0. The lowest BCUT2D eigenvalue weighted by Gasteiger charge is -2.07. The van der Waals surface area contributed by atoms with Crippen LogP contribution in [0.15, 0.2) is 10.7 Å². The van der Waals surface area contributed by atoms with E-state index in [0.29, 0.717) is 0 Å². The van der Waals surface area contributed by atoms with Crippen LogP contribution in [-0.4, -0.2) is 23.8 Å². The second kappa shape index (κ2) is 4.30. The molecule has 0 aliphatic rings. The maximum absolute atomic E-state index is 11.6. The Hall–Kier alpha value is -1.57. The highest BCUT2D eigenvalue weighted by Crippen LogP contribution is 2.13. The van der Waals surface area contributed by atoms with Crippen molar-refractivity contribution in [2.45, 2.75) is 13.1 Å². The van der Waals surface area contributed by atoms with E-state index < -0.39 is 18.7 Å². The molecule has 15 heavy (non-hydrogen) atoms. The van der Waals surface area contributed by atoms with Crippen LogP contribution in [0.1, 0.15) is 16.1 Å². The number of rotatable bonds is 3. The van der Waals surface area contributed by atoms with Gasteiger partial charge in [0.1, 0.15) is 11.3 Å². The van der Waals surface area contributed by atoms with Crippen LogP contribution < -0.4 is 5.48 Å². The molecule has 0 aliphatic carbocycles. The van der Waals surface area contributed by atoms with Gasteiger partial charge < -0.3 is 4.52 Å². The first kappa shape index (κ1) is 11.5. The Morgan fingerprint density at radius 1 is 1.67 bits per heavy atom. The van der Waals surface area contributed by atoms with Gasteiger partial charge in [-0.25, -0.2) is 5.48 Å². The standard InChI is InChI=1S/C7H7F3N2O3/c1-4-5(2-11-15-4)6(13)12-14-3-7(8,9)10/h2H,3H2,1H3,(H,12,13). The SMILES string of the molecule is Cc1oncc1C(=O)NOCC(F)(F)F. The molecule has 0 bridgehead atoms. The van der Waals surface area contributed by atoms with Gasteiger partial charge in [0, 0.05) is 0 Å². The fourth-order valence-corrected chi connectivity index (χ4v) is 0.755. The number of aromatic nitrogens is 1. The molecule has 1 aromatic heterocycles. The molecule has 0 fully saturated rings. The van der Waals surface area contributed by atoms with Crippen LogP contribution in [0.3, 0.4) is 0 Å². The molecule has 1 heterocycles. The molecule has 0 aromatic carbocycles. The highest BCUT2D eigenvalue weighted by Gasteiger charge is 2.28. The molecule has 84 valence electrons. The number of nitrogens with zero attached hydrogens (tertiary/aromatic N) is 1. The van der Waals surface area contributed by atoms with Crippen molar-refractivity contribution in [3.63, 3.8) is 0 Å². The summed E-state index contributed by atoms with van der Waals surface area (Å²) in [5.74, 6) is -0.638. The quantitative estimate of drug-likeness (QED) is 0.783. The van der Waals surface area contributed by atoms with Crippen molar-refractivity contribution < 1.29 is 27.3 Å². The van der Waals surface area contributed by atoms with Gasteiger partial charge in [0.25, 0.3) is 5.91 Å². The van der Waals surface area contributed by atoms with Gasteiger partial charge in [-0.2, -0.15) is 13.2 Å². The van der Waals surface area contributed by atoms with Crippen LogP contribution in [0.2, 0.25) is 0 Å². The van der Waals surface area contributed by atoms with Gasteiger partial charge in [-0.1, -0.05) is 5.16 Å². The first-order chi connectivity index (χ1) is 6.90. The molecule has 1 N–H and O–H groups in total. The summed E-state index contributed by atoms with van der Waals surface area (Å²) < 4.78 is 39.4. The van der Waals surface area contributed by atoms with E-state index in [1.165, 1.54) is 6.92 Å². The predicted octanol–water partition coefficient (Wildman–Crippen LogP) is 1.21. The highest BCUT2D eigenvalue weighted by atomic mass is 19.4. The molecule has 0 spiro atoms. The van der Waals surface area contributed by atoms with Crippen LogP contribution in [-0.2, 0) is 4.84 Å². The zero-order valence-corrected chi connectivity index (χ0v) is 7.59. The number of hydrogen-bond acceptors (Lipinski definition) is 4. The van der Waals surface area contributed by atoms with E-state index in [9.17, 15) is 18.0 Å². The molecule has 1 rings (SSSR count). The topological polar surface area (TPSA) is 64.4 Å². The maximum Gasteiger partial charge on any atom is 0.414 e. The van der Waals surface area contributed by atoms with E-state index in [1.807, 2.05) is 0 Å². The number of hydrogen-bond donors (Lipinski definition) is 1. The Balaban J connectivity index is 2.41. The second-order valence-corrected chi connectivity index (χ2v) is 2.63. The minimum absolute atomic E-state index is 0.0252. The van der Waals surface area contributed by atoms with Gasteiger partial charge >= 0.3 is 6.18 Å². The molecule has 0 radical (unpaired) electrons. The molecule has 0 unspecified atom stereocenters. The first-order valence-electron chi connectivity index (χ1n) is 3.80. The Morgan fingerprint density at radius 3 is 2.80 bits per heavy atom. The van der Waals surface area contributed by atoms with Gasteiger partial charge in [-0.3, -0.25) is 9.63 Å². The van der Waals surface area contributed by atoms with Crippen molar-refractivity contribution in [2.75, 3.05) is 6.61 Å². The fourth-order valence-electron chi connectivity index (χ4n) is 0.755. The number of aryl methyl sites for hydroxylation is 1. The van der Waals surface area contributed by atoms with E-state index in [4.69, 9.17) is 0 Å². The lowest BCUT2D eigenvalue weighted by atomic mass is 10.3. The number of carbonyl (C=O) groups is 1. The number of carbonyl (C=O) groups excluding carboxylic acids is 1. The largest absolute Gasteiger partial charge is 0.414 e. The average Bonchev–Trinajstić information content (AvgIpc) is 2.48. The summed E-state index contributed by atoms with van der Waals surface area (Å²) in [4.78, 5) is 15.1. The van der Waals surface area contributed by atoms with Crippen molar-refractivity contribution in [1.82, 2.24) is 10.6 Å². The second-order valence-electron chi connectivity index (χ2n) is 2.63. The molecule has 5 nitrogen and oxygen atoms in total. The molecule has 1 amide bonds. The van der Waals surface area contributed by atoms with Crippen molar-refractivity contribution in [1.29, 1.82) is 0 Å². The van der Waals surface area contributed by atoms with Crippen LogP contribution in [0.25, 0.3) is 0 Å². The summed E-state index contributed by atoms with van der Waals surface area (Å²) in [5.41, 5.74) is 1.65. The smallest absolute Gasteiger partial charge is 0.361 e. The third kappa shape index (κ3) is 3.58. The minimum atomic E-state index is -4.49. The predicted molar refractivity (Wildman–Crippen MR) is 40.7 cm³/mol. The summed E-state index contributed by atoms with van der Waals surface area (Å²) in [5, 5.41) is 3.29. The van der Waals surface area contributed by atoms with E-state index >= 15 is 0 Å². The maximum atomic E-state index is 11.6. The molecule has 0 saturated heterocycles. The Kier molecular flexibility index (Phi) is 3.30. The fraction of sp³-hybridized carbons (Fsp3) is 0.429. The van der Waals surface area contributed by atoms with Crippen LogP contribution in [0.4, 0.5) is 13.2 Å². The average molecular weight is 224 g/mol. The van der Waals surface area contributed by atoms with Crippen LogP contribution >= 0.6 is 0 Å². The third-order valence-corrected chi connectivity index (χ3v) is 1.40. The summed E-state index contributed by atoms with van der Waals surface area (Å²) >= 11 is 0. The monoisotopic (exact) mass is 224 g/mol. The minimum Gasteiger partial charge on any atom is -0.361 e. The Labute approximate surface area is 82.1 Å². The molecule has 0 atom stereocenters. The third-order valence-electron chi connectivity index (χ3n) is 1.40. The number of nitrogens with one attached hydrogen (secondary N) is 1. The molecule has 0 saturated carbocycles. The van der Waals surface area contributed by atoms with Crippen LogP contribution in [0.5, 0.6) is 0 Å². The van der Waals surface area contributed by atoms with E-state index in [-0.39, 0.29) is 11.3 Å². The van der Waals surface area contributed by atoms with Gasteiger partial charge in [-0.05, 0) is 6.92 Å². The van der Waals surface area contributed by atoms with E-state index in [2.05, 4.69) is 14.5 Å². The summed E-state index contributed by atoms with van der Waals surface area (Å²) in [6.07, 6.45) is -3.40. The van der Waals surface area contributed by atoms with E-state index in [1.54, 1.807) is 5.48 Å². The first-order valence-corrected chi connectivity index (χ1v) is 3.80. The highest BCUT2D eigenvalue weighted by molar-refractivity contribution is 5.93. The van der Waals surface area contributed by atoms with Crippen molar-refractivity contribution in [3.8, 4) is 0 Å².